The molecule has 0 spiro atoms. The van der Waals surface area contributed by atoms with Crippen molar-refractivity contribution in [2.75, 3.05) is 26.3 Å². The first kappa shape index (κ1) is 12.1. The number of amides is 1. The average Bonchev–Trinajstić information content (AvgIpc) is 2.63. The second kappa shape index (κ2) is 4.89. The van der Waals surface area contributed by atoms with Gasteiger partial charge in [0.25, 0.3) is 0 Å². The van der Waals surface area contributed by atoms with Crippen molar-refractivity contribution in [1.82, 2.24) is 5.32 Å². The van der Waals surface area contributed by atoms with E-state index in [1.807, 2.05) is 19.1 Å². The Hall–Kier alpha value is -1.33. The molecule has 1 aliphatic heterocycles. The summed E-state index contributed by atoms with van der Waals surface area (Å²) in [6.07, 6.45) is 0.696. The number of hydrogen-bond donors (Lipinski definition) is 2. The predicted octanol–water partition coefficient (Wildman–Crippen LogP) is 0.222. The number of furan rings is 1. The third-order valence-electron chi connectivity index (χ3n) is 3.08. The Morgan fingerprint density at radius 3 is 2.76 bits per heavy atom. The first-order valence-electron chi connectivity index (χ1n) is 5.78. The summed E-state index contributed by atoms with van der Waals surface area (Å²) < 4.78 is 10.5. The molecule has 1 aliphatic rings. The van der Waals surface area contributed by atoms with Crippen LogP contribution in [0.15, 0.2) is 16.5 Å². The van der Waals surface area contributed by atoms with Gasteiger partial charge >= 0.3 is 0 Å². The zero-order chi connectivity index (χ0) is 12.3. The zero-order valence-electron chi connectivity index (χ0n) is 9.99. The summed E-state index contributed by atoms with van der Waals surface area (Å²) in [6, 6.07) is 3.84. The van der Waals surface area contributed by atoms with E-state index >= 15 is 0 Å². The Bertz CT molecular complexity index is 391. The van der Waals surface area contributed by atoms with Crippen LogP contribution in [-0.2, 0) is 16.0 Å². The van der Waals surface area contributed by atoms with Crippen molar-refractivity contribution in [2.45, 2.75) is 13.3 Å². The van der Waals surface area contributed by atoms with Gasteiger partial charge < -0.3 is 20.2 Å². The molecule has 1 amide bonds. The van der Waals surface area contributed by atoms with E-state index in [2.05, 4.69) is 5.32 Å². The predicted molar refractivity (Wildman–Crippen MR) is 62.5 cm³/mol. The first-order valence-corrected chi connectivity index (χ1v) is 5.78. The van der Waals surface area contributed by atoms with Gasteiger partial charge in [-0.15, -0.1) is 0 Å². The van der Waals surface area contributed by atoms with Crippen LogP contribution < -0.4 is 11.1 Å². The summed E-state index contributed by atoms with van der Waals surface area (Å²) in [5.74, 6) is 1.75. The van der Waals surface area contributed by atoms with Crippen LogP contribution in [0, 0.1) is 12.3 Å². The van der Waals surface area contributed by atoms with E-state index in [0.717, 1.165) is 11.5 Å². The molecule has 0 atom stereocenters. The molecule has 0 bridgehead atoms. The number of carbonyl (C=O) groups is 1. The quantitative estimate of drug-likeness (QED) is 0.769. The van der Waals surface area contributed by atoms with Gasteiger partial charge in [0.05, 0.1) is 13.2 Å². The smallest absolute Gasteiger partial charge is 0.232 e. The summed E-state index contributed by atoms with van der Waals surface area (Å²) in [5, 5.41) is 2.88. The molecule has 3 N–H and O–H groups in total. The monoisotopic (exact) mass is 238 g/mol. The van der Waals surface area contributed by atoms with Crippen molar-refractivity contribution < 1.29 is 13.9 Å². The van der Waals surface area contributed by atoms with Crippen molar-refractivity contribution in [3.05, 3.63) is 23.7 Å². The Morgan fingerprint density at radius 2 is 2.29 bits per heavy atom. The van der Waals surface area contributed by atoms with E-state index in [1.165, 1.54) is 0 Å². The first-order chi connectivity index (χ1) is 8.16. The molecule has 1 saturated heterocycles. The van der Waals surface area contributed by atoms with Crippen LogP contribution in [0.25, 0.3) is 0 Å². The molecule has 94 valence electrons. The SMILES string of the molecule is Cc1ccc(CCNC(=O)C2(CN)COC2)o1. The molecule has 0 aliphatic carbocycles. The molecule has 0 aromatic carbocycles. The van der Waals surface area contributed by atoms with Crippen LogP contribution in [0.5, 0.6) is 0 Å². The highest BCUT2D eigenvalue weighted by molar-refractivity contribution is 5.84. The van der Waals surface area contributed by atoms with Gasteiger partial charge in [-0.2, -0.15) is 0 Å². The van der Waals surface area contributed by atoms with E-state index in [4.69, 9.17) is 14.9 Å². The number of nitrogens with one attached hydrogen (secondary N) is 1. The van der Waals surface area contributed by atoms with Crippen LogP contribution in [0.3, 0.4) is 0 Å². The Morgan fingerprint density at radius 1 is 1.53 bits per heavy atom. The lowest BCUT2D eigenvalue weighted by Gasteiger charge is -2.38. The maximum atomic E-state index is 11.9. The summed E-state index contributed by atoms with van der Waals surface area (Å²) >= 11 is 0. The number of hydrogen-bond acceptors (Lipinski definition) is 4. The Kier molecular flexibility index (Phi) is 3.49. The molecular weight excluding hydrogens is 220 g/mol. The lowest BCUT2D eigenvalue weighted by molar-refractivity contribution is -0.159. The molecule has 1 aromatic heterocycles. The maximum absolute atomic E-state index is 11.9. The van der Waals surface area contributed by atoms with E-state index in [1.54, 1.807) is 0 Å². The summed E-state index contributed by atoms with van der Waals surface area (Å²) in [4.78, 5) is 11.9. The van der Waals surface area contributed by atoms with Crippen LogP contribution in [0.4, 0.5) is 0 Å². The third-order valence-corrected chi connectivity index (χ3v) is 3.08. The third kappa shape index (κ3) is 2.50. The second-order valence-corrected chi connectivity index (χ2v) is 4.50. The number of carbonyl (C=O) groups excluding carboxylic acids is 1. The van der Waals surface area contributed by atoms with Gasteiger partial charge in [0.15, 0.2) is 0 Å². The lowest BCUT2D eigenvalue weighted by Crippen LogP contribution is -2.58. The highest BCUT2D eigenvalue weighted by atomic mass is 16.5. The van der Waals surface area contributed by atoms with E-state index in [-0.39, 0.29) is 5.91 Å². The maximum Gasteiger partial charge on any atom is 0.232 e. The van der Waals surface area contributed by atoms with Crippen LogP contribution in [-0.4, -0.2) is 32.2 Å². The van der Waals surface area contributed by atoms with Crippen molar-refractivity contribution in [1.29, 1.82) is 0 Å². The van der Waals surface area contributed by atoms with Gasteiger partial charge in [-0.1, -0.05) is 0 Å². The fraction of sp³-hybridized carbons (Fsp3) is 0.583. The molecule has 2 heterocycles. The minimum Gasteiger partial charge on any atom is -0.466 e. The minimum absolute atomic E-state index is 0.0190. The number of rotatable bonds is 5. The molecule has 0 saturated carbocycles. The standard InChI is InChI=1S/C12H18N2O3/c1-9-2-3-10(17-9)4-5-14-11(15)12(6-13)7-16-8-12/h2-3H,4-8,13H2,1H3,(H,14,15). The molecule has 1 fully saturated rings. The highest BCUT2D eigenvalue weighted by Crippen LogP contribution is 2.25. The normalized spacial score (nSPS) is 17.5. The van der Waals surface area contributed by atoms with Crippen LogP contribution >= 0.6 is 0 Å². The zero-order valence-corrected chi connectivity index (χ0v) is 9.99. The fourth-order valence-electron chi connectivity index (χ4n) is 1.80. The van der Waals surface area contributed by atoms with E-state index in [0.29, 0.717) is 32.7 Å². The topological polar surface area (TPSA) is 77.5 Å². The fourth-order valence-corrected chi connectivity index (χ4v) is 1.80. The van der Waals surface area contributed by atoms with Gasteiger partial charge in [0.2, 0.25) is 5.91 Å². The van der Waals surface area contributed by atoms with Crippen molar-refractivity contribution in [3.8, 4) is 0 Å². The molecule has 0 radical (unpaired) electrons. The highest BCUT2D eigenvalue weighted by Gasteiger charge is 2.44. The number of nitrogens with two attached hydrogens (primary N) is 1. The molecule has 1 aromatic rings. The average molecular weight is 238 g/mol. The van der Waals surface area contributed by atoms with Gasteiger partial charge in [-0.25, -0.2) is 0 Å². The molecule has 17 heavy (non-hydrogen) atoms. The number of ether oxygens (including phenoxy) is 1. The summed E-state index contributed by atoms with van der Waals surface area (Å²) in [6.45, 7) is 3.65. The van der Waals surface area contributed by atoms with Gasteiger partial charge in [0.1, 0.15) is 16.9 Å². The second-order valence-electron chi connectivity index (χ2n) is 4.50. The van der Waals surface area contributed by atoms with Crippen LogP contribution in [0.1, 0.15) is 11.5 Å². The molecule has 0 unspecified atom stereocenters. The van der Waals surface area contributed by atoms with Gasteiger partial charge in [0, 0.05) is 19.5 Å². The van der Waals surface area contributed by atoms with Crippen LogP contribution in [0.2, 0.25) is 0 Å². The molecule has 5 heteroatoms. The Labute approximate surface area is 100 Å². The van der Waals surface area contributed by atoms with E-state index in [9.17, 15) is 4.79 Å². The Balaban J connectivity index is 1.77. The molecular formula is C12H18N2O3. The van der Waals surface area contributed by atoms with Gasteiger partial charge in [-0.05, 0) is 19.1 Å². The van der Waals surface area contributed by atoms with Gasteiger partial charge in [-0.3, -0.25) is 4.79 Å². The minimum atomic E-state index is -0.501. The van der Waals surface area contributed by atoms with Crippen molar-refractivity contribution >= 4 is 5.91 Å². The van der Waals surface area contributed by atoms with Crippen molar-refractivity contribution in [2.24, 2.45) is 11.1 Å². The van der Waals surface area contributed by atoms with Crippen molar-refractivity contribution in [3.63, 3.8) is 0 Å². The largest absolute Gasteiger partial charge is 0.466 e. The number of aryl methyl sites for hydroxylation is 1. The lowest BCUT2D eigenvalue weighted by atomic mass is 9.85. The van der Waals surface area contributed by atoms with E-state index < -0.39 is 5.41 Å². The molecule has 5 nitrogen and oxygen atoms in total. The summed E-state index contributed by atoms with van der Waals surface area (Å²) in [5.41, 5.74) is 5.10. The summed E-state index contributed by atoms with van der Waals surface area (Å²) in [7, 11) is 0. The molecule has 2 rings (SSSR count).